The predicted molar refractivity (Wildman–Crippen MR) is 98.8 cm³/mol. The quantitative estimate of drug-likeness (QED) is 0.438. The van der Waals surface area contributed by atoms with Gasteiger partial charge in [0.2, 0.25) is 11.8 Å². The summed E-state index contributed by atoms with van der Waals surface area (Å²) < 4.78 is 24.0. The van der Waals surface area contributed by atoms with E-state index in [4.69, 9.17) is 0 Å². The number of urea groups is 1. The molecular weight excluding hydrogens is 402 g/mol. The number of rotatable bonds is 7. The van der Waals surface area contributed by atoms with Crippen molar-refractivity contribution in [3.05, 3.63) is 34.9 Å². The van der Waals surface area contributed by atoms with E-state index in [2.05, 4.69) is 10.6 Å². The molecule has 160 valence electrons. The molecule has 1 fully saturated rings. The molecule has 11 heteroatoms. The SMILES string of the molecule is O=C1CCC(N2C(=O)c3ccc(CCCNC(=O)NCC(F)F)cc3C2=O)C(=O)N1. The monoisotopic (exact) mass is 422 g/mol. The van der Waals surface area contributed by atoms with Crippen LogP contribution >= 0.6 is 0 Å². The van der Waals surface area contributed by atoms with Gasteiger partial charge >= 0.3 is 6.03 Å². The van der Waals surface area contributed by atoms with Crippen LogP contribution in [-0.4, -0.2) is 60.1 Å². The molecule has 1 unspecified atom stereocenters. The maximum absolute atomic E-state index is 12.7. The highest BCUT2D eigenvalue weighted by molar-refractivity contribution is 6.23. The van der Waals surface area contributed by atoms with Crippen LogP contribution in [0.2, 0.25) is 0 Å². The first-order chi connectivity index (χ1) is 14.3. The fraction of sp³-hybridized carbons (Fsp3) is 0.421. The number of alkyl halides is 2. The smallest absolute Gasteiger partial charge is 0.314 e. The Morgan fingerprint density at radius 2 is 1.87 bits per heavy atom. The van der Waals surface area contributed by atoms with Crippen molar-refractivity contribution in [3.63, 3.8) is 0 Å². The summed E-state index contributed by atoms with van der Waals surface area (Å²) in [5.74, 6) is -2.27. The van der Waals surface area contributed by atoms with E-state index in [0.29, 0.717) is 12.8 Å². The Morgan fingerprint density at radius 3 is 2.57 bits per heavy atom. The lowest BCUT2D eigenvalue weighted by atomic mass is 10.0. The summed E-state index contributed by atoms with van der Waals surface area (Å²) >= 11 is 0. The van der Waals surface area contributed by atoms with Gasteiger partial charge < -0.3 is 10.6 Å². The van der Waals surface area contributed by atoms with Gasteiger partial charge in [-0.25, -0.2) is 13.6 Å². The minimum Gasteiger partial charge on any atom is -0.338 e. The number of hydrogen-bond donors (Lipinski definition) is 3. The molecule has 0 spiro atoms. The summed E-state index contributed by atoms with van der Waals surface area (Å²) in [7, 11) is 0. The van der Waals surface area contributed by atoms with E-state index in [9.17, 15) is 32.8 Å². The van der Waals surface area contributed by atoms with Crippen LogP contribution in [0.25, 0.3) is 0 Å². The number of carbonyl (C=O) groups excluding carboxylic acids is 5. The van der Waals surface area contributed by atoms with Crippen LogP contribution in [0.1, 0.15) is 45.5 Å². The van der Waals surface area contributed by atoms with Crippen molar-refractivity contribution in [2.75, 3.05) is 13.1 Å². The fourth-order valence-corrected chi connectivity index (χ4v) is 3.40. The van der Waals surface area contributed by atoms with Crippen LogP contribution < -0.4 is 16.0 Å². The molecule has 3 rings (SSSR count). The van der Waals surface area contributed by atoms with Gasteiger partial charge in [0, 0.05) is 13.0 Å². The number of amides is 6. The third-order valence-electron chi connectivity index (χ3n) is 4.85. The molecule has 1 aromatic rings. The zero-order valence-electron chi connectivity index (χ0n) is 15.9. The van der Waals surface area contributed by atoms with Gasteiger partial charge in [0.1, 0.15) is 6.04 Å². The number of halogens is 2. The molecule has 30 heavy (non-hydrogen) atoms. The van der Waals surface area contributed by atoms with Gasteiger partial charge in [-0.3, -0.25) is 29.4 Å². The summed E-state index contributed by atoms with van der Waals surface area (Å²) in [5.41, 5.74) is 1.12. The molecule has 1 aromatic carbocycles. The number of carbonyl (C=O) groups is 5. The highest BCUT2D eigenvalue weighted by atomic mass is 19.3. The average Bonchev–Trinajstić information content (AvgIpc) is 2.94. The van der Waals surface area contributed by atoms with Crippen LogP contribution in [0.4, 0.5) is 13.6 Å². The van der Waals surface area contributed by atoms with Crippen molar-refractivity contribution in [1.29, 1.82) is 0 Å². The molecule has 3 N–H and O–H groups in total. The van der Waals surface area contributed by atoms with Crippen molar-refractivity contribution in [2.24, 2.45) is 0 Å². The van der Waals surface area contributed by atoms with Crippen LogP contribution in [-0.2, 0) is 16.0 Å². The number of nitrogens with one attached hydrogen (secondary N) is 3. The first kappa shape index (κ1) is 21.3. The highest BCUT2D eigenvalue weighted by Crippen LogP contribution is 2.28. The summed E-state index contributed by atoms with van der Waals surface area (Å²) in [6, 6.07) is 3.05. The molecule has 6 amide bonds. The number of piperidine rings is 1. The standard InChI is InChI=1S/C19H20F2N4O5/c20-14(21)9-23-19(30)22-7-1-2-10-3-4-11-12(8-10)18(29)25(17(11)28)13-5-6-15(26)24-16(13)27/h3-4,8,13-14H,1-2,5-7,9H2,(H2,22,23,30)(H,24,26,27). The number of nitrogens with zero attached hydrogens (tertiary/aromatic N) is 1. The molecule has 9 nitrogen and oxygen atoms in total. The van der Waals surface area contributed by atoms with Crippen LogP contribution in [0, 0.1) is 0 Å². The van der Waals surface area contributed by atoms with Crippen molar-refractivity contribution >= 4 is 29.7 Å². The van der Waals surface area contributed by atoms with Crippen molar-refractivity contribution in [3.8, 4) is 0 Å². The Balaban J connectivity index is 1.58. The Morgan fingerprint density at radius 1 is 1.13 bits per heavy atom. The van der Waals surface area contributed by atoms with Crippen molar-refractivity contribution < 1.29 is 32.8 Å². The van der Waals surface area contributed by atoms with Crippen LogP contribution in [0.15, 0.2) is 18.2 Å². The molecule has 0 aromatic heterocycles. The zero-order valence-corrected chi connectivity index (χ0v) is 15.9. The number of hydrogen-bond acceptors (Lipinski definition) is 5. The van der Waals surface area contributed by atoms with Gasteiger partial charge in [-0.15, -0.1) is 0 Å². The van der Waals surface area contributed by atoms with E-state index in [1.165, 1.54) is 6.07 Å². The maximum atomic E-state index is 12.7. The lowest BCUT2D eigenvalue weighted by Gasteiger charge is -2.27. The normalized spacial score (nSPS) is 18.5. The number of imide groups is 2. The summed E-state index contributed by atoms with van der Waals surface area (Å²) in [6.45, 7) is -0.488. The Labute approximate surface area is 170 Å². The van der Waals surface area contributed by atoms with Crippen molar-refractivity contribution in [2.45, 2.75) is 38.2 Å². The van der Waals surface area contributed by atoms with E-state index in [0.717, 1.165) is 10.5 Å². The number of benzene rings is 1. The molecule has 1 saturated heterocycles. The molecule has 0 bridgehead atoms. The Bertz CT molecular complexity index is 905. The van der Waals surface area contributed by atoms with E-state index in [-0.39, 0.29) is 30.5 Å². The first-order valence-electron chi connectivity index (χ1n) is 9.42. The predicted octanol–water partition coefficient (Wildman–Crippen LogP) is 0.585. The first-order valence-corrected chi connectivity index (χ1v) is 9.42. The molecular formula is C19H20F2N4O5. The number of aryl methyl sites for hydroxylation is 1. The third kappa shape index (κ3) is 4.61. The van der Waals surface area contributed by atoms with E-state index < -0.39 is 48.7 Å². The molecule has 1 atom stereocenters. The second-order valence-electron chi connectivity index (χ2n) is 6.96. The Hall–Kier alpha value is -3.37. The van der Waals surface area contributed by atoms with E-state index in [1.807, 2.05) is 5.32 Å². The topological polar surface area (TPSA) is 125 Å². The van der Waals surface area contributed by atoms with Gasteiger partial charge in [-0.1, -0.05) is 6.07 Å². The third-order valence-corrected chi connectivity index (χ3v) is 4.85. The Kier molecular flexibility index (Phi) is 6.38. The minimum absolute atomic E-state index is 0.0486. The lowest BCUT2D eigenvalue weighted by Crippen LogP contribution is -2.54. The molecule has 0 saturated carbocycles. The van der Waals surface area contributed by atoms with Gasteiger partial charge in [-0.05, 0) is 37.0 Å². The second kappa shape index (κ2) is 8.97. The van der Waals surface area contributed by atoms with E-state index >= 15 is 0 Å². The average molecular weight is 422 g/mol. The summed E-state index contributed by atoms with van der Waals surface area (Å²) in [6.07, 6.45) is -1.53. The van der Waals surface area contributed by atoms with Crippen molar-refractivity contribution in [1.82, 2.24) is 20.9 Å². The van der Waals surface area contributed by atoms with Gasteiger partial charge in [0.25, 0.3) is 18.2 Å². The van der Waals surface area contributed by atoms with Gasteiger partial charge in [0.15, 0.2) is 0 Å². The largest absolute Gasteiger partial charge is 0.338 e. The molecule has 2 heterocycles. The van der Waals surface area contributed by atoms with E-state index in [1.54, 1.807) is 12.1 Å². The molecule has 0 radical (unpaired) electrons. The van der Waals surface area contributed by atoms with Gasteiger partial charge in [-0.2, -0.15) is 0 Å². The molecule has 2 aliphatic rings. The van der Waals surface area contributed by atoms with Crippen LogP contribution in [0.3, 0.4) is 0 Å². The molecule has 0 aliphatic carbocycles. The zero-order chi connectivity index (χ0) is 21.8. The number of fused-ring (bicyclic) bond motifs is 1. The summed E-state index contributed by atoms with van der Waals surface area (Å²) in [4.78, 5) is 61.0. The fourth-order valence-electron chi connectivity index (χ4n) is 3.40. The molecule has 2 aliphatic heterocycles. The second-order valence-corrected chi connectivity index (χ2v) is 6.96. The van der Waals surface area contributed by atoms with Gasteiger partial charge in [0.05, 0.1) is 17.7 Å². The minimum atomic E-state index is -2.62. The maximum Gasteiger partial charge on any atom is 0.314 e. The van der Waals surface area contributed by atoms with Crippen LogP contribution in [0.5, 0.6) is 0 Å². The highest BCUT2D eigenvalue weighted by Gasteiger charge is 2.44. The lowest BCUT2D eigenvalue weighted by molar-refractivity contribution is -0.136. The summed E-state index contributed by atoms with van der Waals surface area (Å²) in [5, 5.41) is 6.62.